The standard InChI is InChI=1S/C22H37N3O2.C2H6/c1-5-20(6-2)23-12-15-25(7-3)22(26)17-24-13-10-18-8-9-21(27-4)16-19(18)11-14-24;1-2/h8-9,16,20,23H,5-7,10-15,17H2,1-4H3;1-2H3. The van der Waals surface area contributed by atoms with Crippen LogP contribution in [0.1, 0.15) is 58.6 Å². The van der Waals surface area contributed by atoms with E-state index in [1.165, 1.54) is 11.1 Å². The van der Waals surface area contributed by atoms with Crippen molar-refractivity contribution in [2.24, 2.45) is 0 Å². The number of hydrogen-bond donors (Lipinski definition) is 1. The van der Waals surface area contributed by atoms with Crippen LogP contribution in [0.5, 0.6) is 5.75 Å². The van der Waals surface area contributed by atoms with E-state index in [2.05, 4.69) is 43.1 Å². The number of benzene rings is 1. The fourth-order valence-corrected chi connectivity index (χ4v) is 3.76. The van der Waals surface area contributed by atoms with Gasteiger partial charge in [-0.2, -0.15) is 0 Å². The first kappa shape index (κ1) is 25.4. The lowest BCUT2D eigenvalue weighted by atomic mass is 10.0. The maximum atomic E-state index is 12.8. The molecule has 0 aromatic heterocycles. The Hall–Kier alpha value is -1.59. The van der Waals surface area contributed by atoms with Crippen molar-refractivity contribution in [3.63, 3.8) is 0 Å². The SMILES string of the molecule is CC.CCC(CC)NCCN(CC)C(=O)CN1CCc2ccc(OC)cc2CC1. The molecule has 5 nitrogen and oxygen atoms in total. The van der Waals surface area contributed by atoms with Gasteiger partial charge in [-0.15, -0.1) is 0 Å². The lowest BCUT2D eigenvalue weighted by molar-refractivity contribution is -0.132. The predicted octanol–water partition coefficient (Wildman–Crippen LogP) is 3.75. The molecule has 166 valence electrons. The molecule has 1 aromatic carbocycles. The van der Waals surface area contributed by atoms with Gasteiger partial charge in [0.1, 0.15) is 5.75 Å². The number of ether oxygens (including phenoxy) is 1. The van der Waals surface area contributed by atoms with Gasteiger partial charge in [0.05, 0.1) is 13.7 Å². The summed E-state index contributed by atoms with van der Waals surface area (Å²) in [5.74, 6) is 1.16. The molecule has 1 aromatic rings. The number of rotatable bonds is 10. The minimum atomic E-state index is 0.243. The van der Waals surface area contributed by atoms with Gasteiger partial charge in [0.25, 0.3) is 0 Å². The molecule has 1 heterocycles. The van der Waals surface area contributed by atoms with E-state index in [0.29, 0.717) is 12.6 Å². The van der Waals surface area contributed by atoms with Gasteiger partial charge in [-0.3, -0.25) is 9.69 Å². The summed E-state index contributed by atoms with van der Waals surface area (Å²) in [6, 6.07) is 6.90. The first-order chi connectivity index (χ1) is 14.1. The van der Waals surface area contributed by atoms with E-state index in [9.17, 15) is 4.79 Å². The highest BCUT2D eigenvalue weighted by atomic mass is 16.5. The lowest BCUT2D eigenvalue weighted by Gasteiger charge is -2.26. The third kappa shape index (κ3) is 8.35. The summed E-state index contributed by atoms with van der Waals surface area (Å²) in [5, 5.41) is 3.56. The van der Waals surface area contributed by atoms with Gasteiger partial charge in [0.15, 0.2) is 0 Å². The normalized spacial score (nSPS) is 13.9. The number of amides is 1. The number of carbonyl (C=O) groups excluding carboxylic acids is 1. The van der Waals surface area contributed by atoms with Crippen molar-refractivity contribution in [2.75, 3.05) is 46.4 Å². The van der Waals surface area contributed by atoms with Crippen molar-refractivity contribution in [1.29, 1.82) is 0 Å². The second-order valence-corrected chi connectivity index (χ2v) is 7.35. The van der Waals surface area contributed by atoms with Crippen LogP contribution in [0, 0.1) is 0 Å². The molecule has 2 rings (SSSR count). The monoisotopic (exact) mass is 405 g/mol. The summed E-state index contributed by atoms with van der Waals surface area (Å²) in [6.45, 7) is 15.3. The fourth-order valence-electron chi connectivity index (χ4n) is 3.76. The highest BCUT2D eigenvalue weighted by Crippen LogP contribution is 2.21. The molecule has 0 aliphatic carbocycles. The quantitative estimate of drug-likeness (QED) is 0.644. The Morgan fingerprint density at radius 3 is 2.38 bits per heavy atom. The molecule has 0 fully saturated rings. The number of hydrogen-bond acceptors (Lipinski definition) is 4. The average molecular weight is 406 g/mol. The van der Waals surface area contributed by atoms with Crippen LogP contribution in [0.2, 0.25) is 0 Å². The van der Waals surface area contributed by atoms with E-state index in [4.69, 9.17) is 4.74 Å². The van der Waals surface area contributed by atoms with E-state index in [0.717, 1.165) is 64.2 Å². The number of likely N-dealkylation sites (N-methyl/N-ethyl adjacent to an activating group) is 1. The van der Waals surface area contributed by atoms with Crippen molar-refractivity contribution in [2.45, 2.75) is 66.3 Å². The van der Waals surface area contributed by atoms with Gasteiger partial charge < -0.3 is 15.0 Å². The smallest absolute Gasteiger partial charge is 0.236 e. The van der Waals surface area contributed by atoms with Crippen molar-refractivity contribution < 1.29 is 9.53 Å². The summed E-state index contributed by atoms with van der Waals surface area (Å²) in [6.07, 6.45) is 4.24. The van der Waals surface area contributed by atoms with Crippen LogP contribution in [-0.4, -0.2) is 68.1 Å². The zero-order valence-corrected chi connectivity index (χ0v) is 19.6. The zero-order chi connectivity index (χ0) is 21.6. The number of methoxy groups -OCH3 is 1. The number of fused-ring (bicyclic) bond motifs is 1. The largest absolute Gasteiger partial charge is 0.497 e. The van der Waals surface area contributed by atoms with Gasteiger partial charge in [-0.25, -0.2) is 0 Å². The molecule has 0 unspecified atom stereocenters. The lowest BCUT2D eigenvalue weighted by Crippen LogP contribution is -2.44. The summed E-state index contributed by atoms with van der Waals surface area (Å²) in [5.41, 5.74) is 2.73. The van der Waals surface area contributed by atoms with E-state index < -0.39 is 0 Å². The predicted molar refractivity (Wildman–Crippen MR) is 123 cm³/mol. The molecule has 0 radical (unpaired) electrons. The van der Waals surface area contributed by atoms with Gasteiger partial charge in [-0.1, -0.05) is 33.8 Å². The van der Waals surface area contributed by atoms with E-state index in [1.807, 2.05) is 24.8 Å². The summed E-state index contributed by atoms with van der Waals surface area (Å²) >= 11 is 0. The highest BCUT2D eigenvalue weighted by Gasteiger charge is 2.19. The molecule has 5 heteroatoms. The molecule has 0 atom stereocenters. The highest BCUT2D eigenvalue weighted by molar-refractivity contribution is 5.78. The Morgan fingerprint density at radius 1 is 1.14 bits per heavy atom. The van der Waals surface area contributed by atoms with Crippen LogP contribution in [-0.2, 0) is 17.6 Å². The van der Waals surface area contributed by atoms with E-state index in [1.54, 1.807) is 7.11 Å². The summed E-state index contributed by atoms with van der Waals surface area (Å²) in [7, 11) is 1.71. The van der Waals surface area contributed by atoms with Crippen molar-refractivity contribution in [3.8, 4) is 5.75 Å². The van der Waals surface area contributed by atoms with Gasteiger partial charge in [-0.05, 0) is 55.9 Å². The second-order valence-electron chi connectivity index (χ2n) is 7.35. The van der Waals surface area contributed by atoms with E-state index >= 15 is 0 Å². The van der Waals surface area contributed by atoms with Gasteiger partial charge in [0.2, 0.25) is 5.91 Å². The third-order valence-electron chi connectivity index (χ3n) is 5.70. The second kappa shape index (κ2) is 14.4. The Morgan fingerprint density at radius 2 is 1.79 bits per heavy atom. The molecule has 0 spiro atoms. The van der Waals surface area contributed by atoms with Crippen molar-refractivity contribution >= 4 is 5.91 Å². The van der Waals surface area contributed by atoms with E-state index in [-0.39, 0.29) is 5.91 Å². The van der Waals surface area contributed by atoms with Gasteiger partial charge in [0, 0.05) is 38.8 Å². The molecule has 0 bridgehead atoms. The number of carbonyl (C=O) groups is 1. The Kier molecular flexibility index (Phi) is 12.6. The maximum Gasteiger partial charge on any atom is 0.236 e. The van der Waals surface area contributed by atoms with Crippen molar-refractivity contribution in [1.82, 2.24) is 15.1 Å². The summed E-state index contributed by atoms with van der Waals surface area (Å²) < 4.78 is 5.35. The van der Waals surface area contributed by atoms with Crippen LogP contribution in [0.25, 0.3) is 0 Å². The van der Waals surface area contributed by atoms with Gasteiger partial charge >= 0.3 is 0 Å². The molecule has 29 heavy (non-hydrogen) atoms. The number of nitrogens with one attached hydrogen (secondary N) is 1. The number of nitrogens with zero attached hydrogens (tertiary/aromatic N) is 2. The van der Waals surface area contributed by atoms with Crippen molar-refractivity contribution in [3.05, 3.63) is 29.3 Å². The topological polar surface area (TPSA) is 44.8 Å². The molecular weight excluding hydrogens is 362 g/mol. The molecule has 1 aliphatic rings. The summed E-state index contributed by atoms with van der Waals surface area (Å²) in [4.78, 5) is 17.1. The molecular formula is C24H43N3O2. The first-order valence-electron chi connectivity index (χ1n) is 11.5. The third-order valence-corrected chi connectivity index (χ3v) is 5.70. The zero-order valence-electron chi connectivity index (χ0n) is 19.6. The van der Waals surface area contributed by atoms with Crippen LogP contribution in [0.15, 0.2) is 18.2 Å². The average Bonchev–Trinajstić information content (AvgIpc) is 2.97. The molecule has 1 N–H and O–H groups in total. The Bertz CT molecular complexity index is 587. The van der Waals surface area contributed by atoms with Crippen LogP contribution in [0.4, 0.5) is 0 Å². The Balaban J connectivity index is 0.00000204. The minimum absolute atomic E-state index is 0.243. The molecule has 0 saturated carbocycles. The Labute approximate surface area is 178 Å². The minimum Gasteiger partial charge on any atom is -0.497 e. The molecule has 1 amide bonds. The van der Waals surface area contributed by atoms with Crippen LogP contribution < -0.4 is 10.1 Å². The molecule has 0 saturated heterocycles. The van der Waals surface area contributed by atoms with Crippen LogP contribution in [0.3, 0.4) is 0 Å². The van der Waals surface area contributed by atoms with Crippen LogP contribution >= 0.6 is 0 Å². The molecule has 1 aliphatic heterocycles. The maximum absolute atomic E-state index is 12.8. The first-order valence-corrected chi connectivity index (χ1v) is 11.5. The fraction of sp³-hybridized carbons (Fsp3) is 0.708.